The average molecular weight is 312 g/mol. The molecule has 1 aliphatic rings. The van der Waals surface area contributed by atoms with Crippen molar-refractivity contribution in [2.45, 2.75) is 13.8 Å². The number of aromatic nitrogens is 3. The highest BCUT2D eigenvalue weighted by Crippen LogP contribution is 2.18. The van der Waals surface area contributed by atoms with Gasteiger partial charge in [0.25, 0.3) is 0 Å². The molecule has 0 radical (unpaired) electrons. The van der Waals surface area contributed by atoms with Crippen LogP contribution in [-0.2, 0) is 0 Å². The SMILES string of the molecule is CC(C)CNc1nncc(N2CCN(c3ccccc3)CC2)n1. The molecule has 2 heterocycles. The van der Waals surface area contributed by atoms with Crippen molar-refractivity contribution in [3.63, 3.8) is 0 Å². The van der Waals surface area contributed by atoms with Gasteiger partial charge in [-0.2, -0.15) is 10.1 Å². The molecule has 1 aliphatic heterocycles. The molecule has 0 aliphatic carbocycles. The first-order valence-electron chi connectivity index (χ1n) is 8.21. The highest BCUT2D eigenvalue weighted by atomic mass is 15.3. The summed E-state index contributed by atoms with van der Waals surface area (Å²) in [4.78, 5) is 9.27. The van der Waals surface area contributed by atoms with E-state index in [-0.39, 0.29) is 0 Å². The van der Waals surface area contributed by atoms with E-state index in [9.17, 15) is 0 Å². The number of benzene rings is 1. The Balaban J connectivity index is 1.60. The third-order valence-corrected chi connectivity index (χ3v) is 3.94. The smallest absolute Gasteiger partial charge is 0.244 e. The van der Waals surface area contributed by atoms with Crippen molar-refractivity contribution < 1.29 is 0 Å². The normalized spacial score (nSPS) is 15.1. The predicted molar refractivity (Wildman–Crippen MR) is 94.0 cm³/mol. The van der Waals surface area contributed by atoms with Crippen molar-refractivity contribution in [2.24, 2.45) is 5.92 Å². The summed E-state index contributed by atoms with van der Waals surface area (Å²) in [5, 5.41) is 11.4. The molecular weight excluding hydrogens is 288 g/mol. The number of nitrogens with zero attached hydrogens (tertiary/aromatic N) is 5. The van der Waals surface area contributed by atoms with E-state index < -0.39 is 0 Å². The zero-order valence-corrected chi connectivity index (χ0v) is 13.8. The van der Waals surface area contributed by atoms with Crippen molar-refractivity contribution in [1.29, 1.82) is 0 Å². The van der Waals surface area contributed by atoms with Crippen molar-refractivity contribution in [3.8, 4) is 0 Å². The first-order chi connectivity index (χ1) is 11.2. The van der Waals surface area contributed by atoms with E-state index in [2.05, 4.69) is 74.5 Å². The first kappa shape index (κ1) is 15.5. The standard InChI is InChI=1S/C17H24N6/c1-14(2)12-18-17-20-16(13-19-21-17)23-10-8-22(9-11-23)15-6-4-3-5-7-15/h3-7,13-14H,8-12H2,1-2H3,(H,18,20,21). The number of anilines is 3. The number of rotatable bonds is 5. The summed E-state index contributed by atoms with van der Waals surface area (Å²) in [6, 6.07) is 10.6. The molecule has 1 saturated heterocycles. The Morgan fingerprint density at radius 2 is 1.74 bits per heavy atom. The molecule has 3 rings (SSSR count). The van der Waals surface area contributed by atoms with Gasteiger partial charge < -0.3 is 15.1 Å². The van der Waals surface area contributed by atoms with Gasteiger partial charge in [0.15, 0.2) is 5.82 Å². The van der Waals surface area contributed by atoms with E-state index in [4.69, 9.17) is 0 Å². The lowest BCUT2D eigenvalue weighted by Crippen LogP contribution is -2.46. The van der Waals surface area contributed by atoms with Gasteiger partial charge in [-0.15, -0.1) is 5.10 Å². The molecule has 1 N–H and O–H groups in total. The molecule has 0 bridgehead atoms. The lowest BCUT2D eigenvalue weighted by Gasteiger charge is -2.36. The van der Waals surface area contributed by atoms with Crippen LogP contribution in [0.25, 0.3) is 0 Å². The zero-order valence-electron chi connectivity index (χ0n) is 13.8. The summed E-state index contributed by atoms with van der Waals surface area (Å²) in [5.74, 6) is 2.07. The van der Waals surface area contributed by atoms with Crippen LogP contribution in [0.1, 0.15) is 13.8 Å². The Hall–Kier alpha value is -2.37. The molecule has 0 unspecified atom stereocenters. The summed E-state index contributed by atoms with van der Waals surface area (Å²) in [7, 11) is 0. The molecule has 0 saturated carbocycles. The predicted octanol–water partition coefficient (Wildman–Crippen LogP) is 2.27. The van der Waals surface area contributed by atoms with E-state index in [0.717, 1.165) is 38.5 Å². The zero-order chi connectivity index (χ0) is 16.1. The van der Waals surface area contributed by atoms with Gasteiger partial charge in [-0.05, 0) is 18.1 Å². The van der Waals surface area contributed by atoms with Gasteiger partial charge in [0.1, 0.15) is 0 Å². The Bertz CT molecular complexity index is 607. The van der Waals surface area contributed by atoms with Crippen LogP contribution in [0.15, 0.2) is 36.5 Å². The van der Waals surface area contributed by atoms with Gasteiger partial charge >= 0.3 is 0 Å². The topological polar surface area (TPSA) is 57.2 Å². The van der Waals surface area contributed by atoms with Crippen molar-refractivity contribution >= 4 is 17.5 Å². The average Bonchev–Trinajstić information content (AvgIpc) is 2.61. The van der Waals surface area contributed by atoms with E-state index >= 15 is 0 Å². The fourth-order valence-corrected chi connectivity index (χ4v) is 2.65. The monoisotopic (exact) mass is 312 g/mol. The minimum atomic E-state index is 0.552. The molecule has 6 heteroatoms. The van der Waals surface area contributed by atoms with E-state index in [1.165, 1.54) is 5.69 Å². The van der Waals surface area contributed by atoms with Gasteiger partial charge in [0.05, 0.1) is 6.20 Å². The minimum absolute atomic E-state index is 0.552. The summed E-state index contributed by atoms with van der Waals surface area (Å²) < 4.78 is 0. The second kappa shape index (κ2) is 7.26. The van der Waals surface area contributed by atoms with Crippen LogP contribution in [0.4, 0.5) is 17.5 Å². The van der Waals surface area contributed by atoms with Gasteiger partial charge in [-0.25, -0.2) is 0 Å². The number of para-hydroxylation sites is 1. The molecule has 1 fully saturated rings. The Morgan fingerprint density at radius 3 is 2.43 bits per heavy atom. The molecule has 122 valence electrons. The number of piperazine rings is 1. The molecule has 23 heavy (non-hydrogen) atoms. The van der Waals surface area contributed by atoms with Crippen LogP contribution in [0.5, 0.6) is 0 Å². The molecule has 0 atom stereocenters. The van der Waals surface area contributed by atoms with Crippen LogP contribution >= 0.6 is 0 Å². The van der Waals surface area contributed by atoms with Gasteiger partial charge in [-0.1, -0.05) is 32.0 Å². The summed E-state index contributed by atoms with van der Waals surface area (Å²) in [6.45, 7) is 9.03. The van der Waals surface area contributed by atoms with E-state index in [0.29, 0.717) is 11.9 Å². The maximum atomic E-state index is 4.59. The van der Waals surface area contributed by atoms with Crippen LogP contribution in [0, 0.1) is 5.92 Å². The van der Waals surface area contributed by atoms with Crippen LogP contribution < -0.4 is 15.1 Å². The highest BCUT2D eigenvalue weighted by Gasteiger charge is 2.19. The fourth-order valence-electron chi connectivity index (χ4n) is 2.65. The highest BCUT2D eigenvalue weighted by molar-refractivity contribution is 5.49. The summed E-state index contributed by atoms with van der Waals surface area (Å²) >= 11 is 0. The van der Waals surface area contributed by atoms with Crippen molar-refractivity contribution in [1.82, 2.24) is 15.2 Å². The van der Waals surface area contributed by atoms with Crippen molar-refractivity contribution in [3.05, 3.63) is 36.5 Å². The fraction of sp³-hybridized carbons (Fsp3) is 0.471. The lowest BCUT2D eigenvalue weighted by atomic mass is 10.2. The van der Waals surface area contributed by atoms with Gasteiger partial charge in [0, 0.05) is 38.4 Å². The Morgan fingerprint density at radius 1 is 1.04 bits per heavy atom. The largest absolute Gasteiger partial charge is 0.368 e. The lowest BCUT2D eigenvalue weighted by molar-refractivity contribution is 0.643. The number of hydrogen-bond acceptors (Lipinski definition) is 6. The number of nitrogens with one attached hydrogen (secondary N) is 1. The second-order valence-corrected chi connectivity index (χ2v) is 6.22. The Labute approximate surface area is 137 Å². The quantitative estimate of drug-likeness (QED) is 0.914. The van der Waals surface area contributed by atoms with Crippen LogP contribution in [0.2, 0.25) is 0 Å². The third kappa shape index (κ3) is 4.09. The molecule has 0 spiro atoms. The Kier molecular flexibility index (Phi) is 4.90. The molecule has 6 nitrogen and oxygen atoms in total. The molecule has 2 aromatic rings. The van der Waals surface area contributed by atoms with Crippen molar-refractivity contribution in [2.75, 3.05) is 47.8 Å². The number of hydrogen-bond donors (Lipinski definition) is 1. The summed E-state index contributed by atoms with van der Waals surface area (Å²) in [5.41, 5.74) is 1.28. The maximum absolute atomic E-state index is 4.59. The maximum Gasteiger partial charge on any atom is 0.244 e. The van der Waals surface area contributed by atoms with Gasteiger partial charge in [-0.3, -0.25) is 0 Å². The van der Waals surface area contributed by atoms with Crippen LogP contribution in [-0.4, -0.2) is 47.9 Å². The molecule has 1 aromatic carbocycles. The summed E-state index contributed by atoms with van der Waals surface area (Å²) in [6.07, 6.45) is 1.75. The minimum Gasteiger partial charge on any atom is -0.368 e. The van der Waals surface area contributed by atoms with Crippen LogP contribution in [0.3, 0.4) is 0 Å². The molecular formula is C17H24N6. The molecule has 1 aromatic heterocycles. The first-order valence-corrected chi connectivity index (χ1v) is 8.21. The second-order valence-electron chi connectivity index (χ2n) is 6.22. The van der Waals surface area contributed by atoms with E-state index in [1.807, 2.05) is 0 Å². The molecule has 0 amide bonds. The third-order valence-electron chi connectivity index (χ3n) is 3.94. The van der Waals surface area contributed by atoms with E-state index in [1.54, 1.807) is 6.20 Å². The van der Waals surface area contributed by atoms with Gasteiger partial charge in [0.2, 0.25) is 5.95 Å².